The van der Waals surface area contributed by atoms with Crippen LogP contribution in [-0.4, -0.2) is 24.5 Å². The van der Waals surface area contributed by atoms with Crippen LogP contribution in [0, 0.1) is 5.82 Å². The van der Waals surface area contributed by atoms with Crippen LogP contribution in [0.1, 0.15) is 38.3 Å². The van der Waals surface area contributed by atoms with E-state index in [0.29, 0.717) is 11.6 Å². The average Bonchev–Trinajstić information content (AvgIpc) is 2.35. The average molecular weight is 238 g/mol. The Bertz CT molecular complexity index is 341. The van der Waals surface area contributed by atoms with Gasteiger partial charge in [-0.25, -0.2) is 4.39 Å². The van der Waals surface area contributed by atoms with Crippen LogP contribution in [0.5, 0.6) is 0 Å². The highest BCUT2D eigenvalue weighted by molar-refractivity contribution is 5.20. The van der Waals surface area contributed by atoms with Crippen LogP contribution in [0.4, 0.5) is 4.39 Å². The predicted octanol–water partition coefficient (Wildman–Crippen LogP) is 2.95. The van der Waals surface area contributed by atoms with E-state index in [1.807, 2.05) is 6.07 Å². The van der Waals surface area contributed by atoms with Gasteiger partial charge in [0, 0.05) is 17.6 Å². The van der Waals surface area contributed by atoms with Crippen molar-refractivity contribution in [1.82, 2.24) is 4.90 Å². The molecule has 2 nitrogen and oxygen atoms in total. The first-order valence-corrected chi connectivity index (χ1v) is 6.26. The van der Waals surface area contributed by atoms with E-state index in [0.717, 1.165) is 19.4 Å². The maximum absolute atomic E-state index is 13.5. The molecular weight excluding hydrogens is 215 g/mol. The van der Waals surface area contributed by atoms with Gasteiger partial charge in [0.05, 0.1) is 0 Å². The number of hydrogen-bond donors (Lipinski definition) is 1. The third-order valence-corrected chi connectivity index (χ3v) is 3.44. The molecule has 0 aliphatic rings. The standard InChI is InChI=1S/C14H23FN2/c1-4-11(2)17(3)10-9-14(16)12-7-5-6-8-13(12)15/h5-8,11,14H,4,9-10,16H2,1-3H3. The fourth-order valence-electron chi connectivity index (χ4n) is 1.81. The Hall–Kier alpha value is -0.930. The van der Waals surface area contributed by atoms with E-state index in [1.165, 1.54) is 6.07 Å². The summed E-state index contributed by atoms with van der Waals surface area (Å²) in [6.45, 7) is 5.25. The molecule has 0 saturated heterocycles. The van der Waals surface area contributed by atoms with Crippen molar-refractivity contribution in [3.63, 3.8) is 0 Å². The minimum absolute atomic E-state index is 0.203. The van der Waals surface area contributed by atoms with Gasteiger partial charge < -0.3 is 10.6 Å². The molecule has 96 valence electrons. The van der Waals surface area contributed by atoms with E-state index >= 15 is 0 Å². The van der Waals surface area contributed by atoms with E-state index in [1.54, 1.807) is 12.1 Å². The van der Waals surface area contributed by atoms with Crippen molar-refractivity contribution in [3.05, 3.63) is 35.6 Å². The molecule has 2 N–H and O–H groups in total. The highest BCUT2D eigenvalue weighted by Crippen LogP contribution is 2.18. The fourth-order valence-corrected chi connectivity index (χ4v) is 1.81. The molecule has 17 heavy (non-hydrogen) atoms. The first-order valence-electron chi connectivity index (χ1n) is 6.26. The maximum atomic E-state index is 13.5. The first-order chi connectivity index (χ1) is 8.06. The lowest BCUT2D eigenvalue weighted by Gasteiger charge is -2.25. The highest BCUT2D eigenvalue weighted by atomic mass is 19.1. The van der Waals surface area contributed by atoms with Gasteiger partial charge in [-0.1, -0.05) is 25.1 Å². The third-order valence-electron chi connectivity index (χ3n) is 3.44. The van der Waals surface area contributed by atoms with E-state index in [2.05, 4.69) is 25.8 Å². The smallest absolute Gasteiger partial charge is 0.127 e. The van der Waals surface area contributed by atoms with Crippen LogP contribution >= 0.6 is 0 Å². The molecule has 0 heterocycles. The van der Waals surface area contributed by atoms with Gasteiger partial charge in [-0.15, -0.1) is 0 Å². The molecule has 0 radical (unpaired) electrons. The maximum Gasteiger partial charge on any atom is 0.127 e. The van der Waals surface area contributed by atoms with Crippen LogP contribution in [0.2, 0.25) is 0 Å². The number of halogens is 1. The Morgan fingerprint density at radius 2 is 2.00 bits per heavy atom. The minimum atomic E-state index is -0.220. The number of benzene rings is 1. The summed E-state index contributed by atoms with van der Waals surface area (Å²) in [6.07, 6.45) is 1.90. The zero-order valence-electron chi connectivity index (χ0n) is 11.0. The van der Waals surface area contributed by atoms with Crippen molar-refractivity contribution in [2.24, 2.45) is 5.73 Å². The van der Waals surface area contributed by atoms with Crippen LogP contribution < -0.4 is 5.73 Å². The highest BCUT2D eigenvalue weighted by Gasteiger charge is 2.13. The molecule has 2 atom stereocenters. The van der Waals surface area contributed by atoms with Crippen molar-refractivity contribution >= 4 is 0 Å². The molecule has 0 saturated carbocycles. The van der Waals surface area contributed by atoms with Crippen molar-refractivity contribution < 1.29 is 4.39 Å². The molecule has 0 bridgehead atoms. The van der Waals surface area contributed by atoms with Gasteiger partial charge in [0.2, 0.25) is 0 Å². The first kappa shape index (κ1) is 14.1. The number of hydrogen-bond acceptors (Lipinski definition) is 2. The van der Waals surface area contributed by atoms with Gasteiger partial charge in [0.15, 0.2) is 0 Å². The molecule has 0 amide bonds. The summed E-state index contributed by atoms with van der Waals surface area (Å²) in [6, 6.07) is 7.08. The zero-order chi connectivity index (χ0) is 12.8. The second kappa shape index (κ2) is 6.72. The van der Waals surface area contributed by atoms with E-state index < -0.39 is 0 Å². The van der Waals surface area contributed by atoms with Crippen molar-refractivity contribution in [1.29, 1.82) is 0 Å². The molecule has 1 rings (SSSR count). The molecule has 3 heteroatoms. The summed E-state index contributed by atoms with van der Waals surface area (Å²) < 4.78 is 13.5. The number of rotatable bonds is 6. The second-order valence-corrected chi connectivity index (χ2v) is 4.65. The summed E-state index contributed by atoms with van der Waals surface area (Å²) in [4.78, 5) is 2.26. The van der Waals surface area contributed by atoms with E-state index in [-0.39, 0.29) is 11.9 Å². The van der Waals surface area contributed by atoms with Gasteiger partial charge in [0.1, 0.15) is 5.82 Å². The number of nitrogens with zero attached hydrogens (tertiary/aromatic N) is 1. The molecule has 0 fully saturated rings. The molecule has 0 spiro atoms. The molecule has 2 unspecified atom stereocenters. The summed E-state index contributed by atoms with van der Waals surface area (Å²) >= 11 is 0. The SMILES string of the molecule is CCC(C)N(C)CCC(N)c1ccccc1F. The Labute approximate surface area is 104 Å². The minimum Gasteiger partial charge on any atom is -0.324 e. The Morgan fingerprint density at radius 1 is 1.35 bits per heavy atom. The van der Waals surface area contributed by atoms with Crippen molar-refractivity contribution in [2.75, 3.05) is 13.6 Å². The summed E-state index contributed by atoms with van der Waals surface area (Å²) in [5.41, 5.74) is 6.63. The van der Waals surface area contributed by atoms with Gasteiger partial charge in [-0.3, -0.25) is 0 Å². The zero-order valence-corrected chi connectivity index (χ0v) is 11.0. The molecular formula is C14H23FN2. The second-order valence-electron chi connectivity index (χ2n) is 4.65. The molecule has 0 aromatic heterocycles. The largest absolute Gasteiger partial charge is 0.324 e. The van der Waals surface area contributed by atoms with Crippen LogP contribution in [0.15, 0.2) is 24.3 Å². The Kier molecular flexibility index (Phi) is 5.59. The lowest BCUT2D eigenvalue weighted by molar-refractivity contribution is 0.242. The Morgan fingerprint density at radius 3 is 2.59 bits per heavy atom. The fraction of sp³-hybridized carbons (Fsp3) is 0.571. The van der Waals surface area contributed by atoms with Gasteiger partial charge >= 0.3 is 0 Å². The van der Waals surface area contributed by atoms with E-state index in [4.69, 9.17) is 5.73 Å². The topological polar surface area (TPSA) is 29.3 Å². The molecule has 0 aliphatic carbocycles. The summed E-state index contributed by atoms with van der Waals surface area (Å²) in [5.74, 6) is -0.203. The van der Waals surface area contributed by atoms with Crippen molar-refractivity contribution in [2.45, 2.75) is 38.8 Å². The van der Waals surface area contributed by atoms with Gasteiger partial charge in [-0.05, 0) is 39.4 Å². The summed E-state index contributed by atoms with van der Waals surface area (Å²) in [5, 5.41) is 0. The summed E-state index contributed by atoms with van der Waals surface area (Å²) in [7, 11) is 2.09. The molecule has 1 aromatic rings. The van der Waals surface area contributed by atoms with Crippen LogP contribution in [-0.2, 0) is 0 Å². The monoisotopic (exact) mass is 238 g/mol. The number of nitrogens with two attached hydrogens (primary N) is 1. The van der Waals surface area contributed by atoms with Gasteiger partial charge in [-0.2, -0.15) is 0 Å². The lowest BCUT2D eigenvalue weighted by atomic mass is 10.0. The lowest BCUT2D eigenvalue weighted by Crippen LogP contribution is -2.31. The van der Waals surface area contributed by atoms with Crippen molar-refractivity contribution in [3.8, 4) is 0 Å². The van der Waals surface area contributed by atoms with E-state index in [9.17, 15) is 4.39 Å². The van der Waals surface area contributed by atoms with Crippen LogP contribution in [0.3, 0.4) is 0 Å². The third kappa shape index (κ3) is 4.10. The van der Waals surface area contributed by atoms with Crippen LogP contribution in [0.25, 0.3) is 0 Å². The Balaban J connectivity index is 2.50. The predicted molar refractivity (Wildman–Crippen MR) is 70.3 cm³/mol. The van der Waals surface area contributed by atoms with Gasteiger partial charge in [0.25, 0.3) is 0 Å². The molecule has 1 aromatic carbocycles. The molecule has 0 aliphatic heterocycles. The normalized spacial score (nSPS) is 14.9. The quantitative estimate of drug-likeness (QED) is 0.825.